The molecule has 0 aliphatic heterocycles. The number of aromatic nitrogens is 4. The minimum Gasteiger partial charge on any atom is -0.370 e. The molecular formula is C24H23FN6S. The van der Waals surface area contributed by atoms with Crippen LogP contribution in [-0.2, 0) is 6.42 Å². The van der Waals surface area contributed by atoms with E-state index in [0.717, 1.165) is 50.7 Å². The van der Waals surface area contributed by atoms with Gasteiger partial charge >= 0.3 is 0 Å². The number of fused-ring (bicyclic) bond motifs is 2. The summed E-state index contributed by atoms with van der Waals surface area (Å²) in [4.78, 5) is 16.4. The second-order valence-corrected chi connectivity index (χ2v) is 9.08. The Labute approximate surface area is 189 Å². The van der Waals surface area contributed by atoms with Gasteiger partial charge in [-0.2, -0.15) is 0 Å². The van der Waals surface area contributed by atoms with Crippen molar-refractivity contribution in [2.75, 3.05) is 17.2 Å². The van der Waals surface area contributed by atoms with Crippen molar-refractivity contribution in [3.05, 3.63) is 70.4 Å². The van der Waals surface area contributed by atoms with E-state index in [1.54, 1.807) is 11.3 Å². The van der Waals surface area contributed by atoms with Crippen molar-refractivity contribution in [2.45, 2.75) is 27.2 Å². The van der Waals surface area contributed by atoms with Gasteiger partial charge in [-0.05, 0) is 62.6 Å². The Morgan fingerprint density at radius 3 is 2.75 bits per heavy atom. The summed E-state index contributed by atoms with van der Waals surface area (Å²) in [7, 11) is 0. The number of aryl methyl sites for hydroxylation is 3. The molecule has 6 nitrogen and oxygen atoms in total. The number of thiazole rings is 1. The van der Waals surface area contributed by atoms with Crippen LogP contribution in [0.4, 0.5) is 21.7 Å². The number of hydrogen-bond donors (Lipinski definition) is 3. The Hall–Kier alpha value is -3.52. The van der Waals surface area contributed by atoms with Crippen LogP contribution < -0.4 is 10.6 Å². The lowest BCUT2D eigenvalue weighted by atomic mass is 10.0. The highest BCUT2D eigenvalue weighted by Gasteiger charge is 2.13. The average Bonchev–Trinajstić information content (AvgIpc) is 3.30. The molecular weight excluding hydrogens is 423 g/mol. The number of nitrogens with one attached hydrogen (secondary N) is 3. The molecule has 0 aliphatic carbocycles. The molecule has 162 valence electrons. The van der Waals surface area contributed by atoms with Gasteiger partial charge in [-0.3, -0.25) is 0 Å². The lowest BCUT2D eigenvalue weighted by Crippen LogP contribution is -2.08. The minimum absolute atomic E-state index is 0.217. The first kappa shape index (κ1) is 20.4. The third kappa shape index (κ3) is 3.89. The van der Waals surface area contributed by atoms with Gasteiger partial charge in [0.2, 0.25) is 0 Å². The van der Waals surface area contributed by atoms with Crippen molar-refractivity contribution in [3.8, 4) is 0 Å². The van der Waals surface area contributed by atoms with E-state index < -0.39 is 0 Å². The summed E-state index contributed by atoms with van der Waals surface area (Å²) in [5.74, 6) is 1.22. The average molecular weight is 447 g/mol. The molecule has 0 saturated heterocycles. The van der Waals surface area contributed by atoms with Crippen LogP contribution in [0.25, 0.3) is 21.1 Å². The standard InChI is InChI=1S/C24H23FN6S/c1-13-4-6-18(25)24-23(13)17(14(2)29-24)8-9-26-21-11-22(28-12-27-21)31-16-5-7-20-19(10-16)30-15(3)32-20/h4-7,10-12,29H,8-9H2,1-3H3,(H2,26,27,28,31). The molecule has 3 N–H and O–H groups in total. The molecule has 8 heteroatoms. The number of benzene rings is 2. The number of hydrogen-bond acceptors (Lipinski definition) is 6. The monoisotopic (exact) mass is 446 g/mol. The number of H-pyrrole nitrogens is 1. The van der Waals surface area contributed by atoms with Gasteiger partial charge in [0.05, 0.1) is 20.7 Å². The minimum atomic E-state index is -0.217. The first-order valence-electron chi connectivity index (χ1n) is 10.4. The summed E-state index contributed by atoms with van der Waals surface area (Å²) in [6, 6.07) is 11.3. The number of nitrogens with zero attached hydrogens (tertiary/aromatic N) is 3. The van der Waals surface area contributed by atoms with Crippen LogP contribution in [0.2, 0.25) is 0 Å². The first-order chi connectivity index (χ1) is 15.5. The van der Waals surface area contributed by atoms with Gasteiger partial charge in [-0.1, -0.05) is 6.07 Å². The highest BCUT2D eigenvalue weighted by atomic mass is 32.1. The van der Waals surface area contributed by atoms with Crippen molar-refractivity contribution >= 4 is 49.8 Å². The van der Waals surface area contributed by atoms with Gasteiger partial charge in [0, 0.05) is 29.4 Å². The van der Waals surface area contributed by atoms with Crippen LogP contribution in [0.15, 0.2) is 42.7 Å². The van der Waals surface area contributed by atoms with Crippen LogP contribution in [0, 0.1) is 26.6 Å². The smallest absolute Gasteiger partial charge is 0.147 e. The van der Waals surface area contributed by atoms with E-state index in [1.807, 2.05) is 45.0 Å². The van der Waals surface area contributed by atoms with Crippen molar-refractivity contribution in [2.24, 2.45) is 0 Å². The highest BCUT2D eigenvalue weighted by molar-refractivity contribution is 7.18. The predicted octanol–water partition coefficient (Wildman–Crippen LogP) is 6.03. The molecule has 0 amide bonds. The largest absolute Gasteiger partial charge is 0.370 e. The topological polar surface area (TPSA) is 78.5 Å². The second-order valence-electron chi connectivity index (χ2n) is 7.85. The van der Waals surface area contributed by atoms with E-state index >= 15 is 0 Å². The van der Waals surface area contributed by atoms with E-state index in [2.05, 4.69) is 36.6 Å². The molecule has 5 rings (SSSR count). The van der Waals surface area contributed by atoms with Crippen LogP contribution in [0.3, 0.4) is 0 Å². The van der Waals surface area contributed by atoms with Crippen molar-refractivity contribution in [1.82, 2.24) is 19.9 Å². The Morgan fingerprint density at radius 2 is 1.88 bits per heavy atom. The Kier molecular flexibility index (Phi) is 5.22. The predicted molar refractivity (Wildman–Crippen MR) is 130 cm³/mol. The van der Waals surface area contributed by atoms with Crippen molar-refractivity contribution < 1.29 is 4.39 Å². The fourth-order valence-electron chi connectivity index (χ4n) is 4.06. The maximum Gasteiger partial charge on any atom is 0.147 e. The van der Waals surface area contributed by atoms with Crippen LogP contribution >= 0.6 is 11.3 Å². The molecule has 32 heavy (non-hydrogen) atoms. The van der Waals surface area contributed by atoms with Crippen molar-refractivity contribution in [1.29, 1.82) is 0 Å². The molecule has 0 radical (unpaired) electrons. The number of anilines is 3. The van der Waals surface area contributed by atoms with E-state index in [9.17, 15) is 4.39 Å². The molecule has 3 heterocycles. The summed E-state index contributed by atoms with van der Waals surface area (Å²) in [5.41, 5.74) is 5.68. The van der Waals surface area contributed by atoms with Crippen molar-refractivity contribution in [3.63, 3.8) is 0 Å². The molecule has 0 bridgehead atoms. The lowest BCUT2D eigenvalue weighted by molar-refractivity contribution is 0.637. The third-order valence-electron chi connectivity index (χ3n) is 5.54. The quantitative estimate of drug-likeness (QED) is 0.297. The highest BCUT2D eigenvalue weighted by Crippen LogP contribution is 2.28. The van der Waals surface area contributed by atoms with Crippen LogP contribution in [-0.4, -0.2) is 26.5 Å². The molecule has 2 aromatic carbocycles. The van der Waals surface area contributed by atoms with Crippen LogP contribution in [0.1, 0.15) is 21.8 Å². The third-order valence-corrected chi connectivity index (χ3v) is 6.50. The summed E-state index contributed by atoms with van der Waals surface area (Å²) < 4.78 is 15.4. The molecule has 0 aliphatic rings. The molecule has 5 aromatic rings. The fourth-order valence-corrected chi connectivity index (χ4v) is 4.87. The van der Waals surface area contributed by atoms with E-state index in [1.165, 1.54) is 17.1 Å². The second kappa shape index (κ2) is 8.20. The molecule has 0 atom stereocenters. The van der Waals surface area contributed by atoms with Gasteiger partial charge in [0.15, 0.2) is 0 Å². The molecule has 0 fully saturated rings. The maximum absolute atomic E-state index is 14.2. The lowest BCUT2D eigenvalue weighted by Gasteiger charge is -2.09. The number of aromatic amines is 1. The summed E-state index contributed by atoms with van der Waals surface area (Å²) in [6.07, 6.45) is 2.29. The molecule has 3 aromatic heterocycles. The summed E-state index contributed by atoms with van der Waals surface area (Å²) in [6.45, 7) is 6.68. The van der Waals surface area contributed by atoms with Gasteiger partial charge in [0.25, 0.3) is 0 Å². The van der Waals surface area contributed by atoms with E-state index in [4.69, 9.17) is 0 Å². The normalized spacial score (nSPS) is 11.4. The Bertz CT molecular complexity index is 1440. The Morgan fingerprint density at radius 1 is 1.03 bits per heavy atom. The van der Waals surface area contributed by atoms with E-state index in [-0.39, 0.29) is 5.82 Å². The summed E-state index contributed by atoms with van der Waals surface area (Å²) >= 11 is 1.68. The van der Waals surface area contributed by atoms with Crippen LogP contribution in [0.5, 0.6) is 0 Å². The van der Waals surface area contributed by atoms with E-state index in [0.29, 0.717) is 17.9 Å². The molecule has 0 saturated carbocycles. The van der Waals surface area contributed by atoms with Gasteiger partial charge < -0.3 is 15.6 Å². The van der Waals surface area contributed by atoms with Gasteiger partial charge in [-0.25, -0.2) is 19.3 Å². The molecule has 0 spiro atoms. The zero-order chi connectivity index (χ0) is 22.2. The molecule has 0 unspecified atom stereocenters. The van der Waals surface area contributed by atoms with Gasteiger partial charge in [-0.15, -0.1) is 11.3 Å². The maximum atomic E-state index is 14.2. The number of rotatable bonds is 6. The summed E-state index contributed by atoms with van der Waals surface area (Å²) in [5, 5.41) is 8.71. The zero-order valence-electron chi connectivity index (χ0n) is 18.1. The zero-order valence-corrected chi connectivity index (χ0v) is 18.9. The van der Waals surface area contributed by atoms with Gasteiger partial charge in [0.1, 0.15) is 23.8 Å². The Balaban J connectivity index is 1.29. The fraction of sp³-hybridized carbons (Fsp3) is 0.208. The first-order valence-corrected chi connectivity index (χ1v) is 11.3. The SMILES string of the molecule is Cc1nc2cc(Nc3cc(NCCc4c(C)[nH]c5c(F)ccc(C)c45)ncn3)ccc2s1. The number of halogens is 1.